The minimum atomic E-state index is -0.591. The lowest BCUT2D eigenvalue weighted by Crippen LogP contribution is -2.37. The van der Waals surface area contributed by atoms with E-state index in [0.29, 0.717) is 6.61 Å². The molecule has 0 bridgehead atoms. The fraction of sp³-hybridized carbons (Fsp3) is 0.238. The molecule has 0 saturated carbocycles. The van der Waals surface area contributed by atoms with Crippen LogP contribution in [0.1, 0.15) is 34.7 Å². The number of ether oxygens (including phenoxy) is 1. The lowest BCUT2D eigenvalue weighted by molar-refractivity contribution is -0.134. The molecule has 1 aliphatic heterocycles. The molecule has 0 unspecified atom stereocenters. The number of fused-ring (bicyclic) bond motifs is 1. The second-order valence-electron chi connectivity index (χ2n) is 6.45. The standard InChI is InChI=1S/C21H21N3O2/c1-24-13-12-22-20(24)18(16-8-3-2-4-9-16)23-21(25)19-17-10-6-5-7-15(17)11-14-26-19/h2-10,12-13,18-19H,11,14H2,1H3,(H,23,25)/t18-,19-/m0/s1. The highest BCUT2D eigenvalue weighted by Crippen LogP contribution is 2.29. The lowest BCUT2D eigenvalue weighted by Gasteiger charge is -2.27. The summed E-state index contributed by atoms with van der Waals surface area (Å²) >= 11 is 0. The van der Waals surface area contributed by atoms with E-state index in [1.165, 1.54) is 5.56 Å². The summed E-state index contributed by atoms with van der Waals surface area (Å²) in [5.74, 6) is 0.641. The number of hydrogen-bond acceptors (Lipinski definition) is 3. The van der Waals surface area contributed by atoms with Crippen LogP contribution in [0, 0.1) is 0 Å². The highest BCUT2D eigenvalue weighted by atomic mass is 16.5. The van der Waals surface area contributed by atoms with Gasteiger partial charge in [0.05, 0.1) is 6.61 Å². The molecule has 26 heavy (non-hydrogen) atoms. The second kappa shape index (κ2) is 7.14. The number of nitrogens with zero attached hydrogens (tertiary/aromatic N) is 2. The van der Waals surface area contributed by atoms with Gasteiger partial charge in [0.2, 0.25) is 0 Å². The summed E-state index contributed by atoms with van der Waals surface area (Å²) in [7, 11) is 1.93. The van der Waals surface area contributed by atoms with Crippen molar-refractivity contribution in [3.05, 3.63) is 89.5 Å². The Hall–Kier alpha value is -2.92. The molecule has 1 aliphatic rings. The quantitative estimate of drug-likeness (QED) is 0.789. The minimum Gasteiger partial charge on any atom is -0.363 e. The number of aryl methyl sites for hydroxylation is 1. The molecule has 132 valence electrons. The van der Waals surface area contributed by atoms with E-state index in [-0.39, 0.29) is 11.9 Å². The summed E-state index contributed by atoms with van der Waals surface area (Å²) in [5.41, 5.74) is 3.11. The molecule has 3 aromatic rings. The van der Waals surface area contributed by atoms with Gasteiger partial charge in [-0.25, -0.2) is 4.98 Å². The topological polar surface area (TPSA) is 56.2 Å². The molecule has 1 N–H and O–H groups in total. The van der Waals surface area contributed by atoms with Crippen molar-refractivity contribution in [2.24, 2.45) is 7.05 Å². The molecule has 5 heteroatoms. The number of rotatable bonds is 4. The van der Waals surface area contributed by atoms with Gasteiger partial charge in [0, 0.05) is 19.4 Å². The van der Waals surface area contributed by atoms with Gasteiger partial charge in [-0.15, -0.1) is 0 Å². The first-order valence-electron chi connectivity index (χ1n) is 8.76. The fourth-order valence-corrected chi connectivity index (χ4v) is 3.43. The Morgan fingerprint density at radius 3 is 2.73 bits per heavy atom. The Labute approximate surface area is 152 Å². The van der Waals surface area contributed by atoms with Crippen LogP contribution in [0.25, 0.3) is 0 Å². The van der Waals surface area contributed by atoms with Crippen molar-refractivity contribution in [2.75, 3.05) is 6.61 Å². The summed E-state index contributed by atoms with van der Waals surface area (Å²) in [4.78, 5) is 17.5. The van der Waals surface area contributed by atoms with Gasteiger partial charge in [0.15, 0.2) is 6.10 Å². The molecular formula is C21H21N3O2. The maximum atomic E-state index is 13.1. The summed E-state index contributed by atoms with van der Waals surface area (Å²) in [6.45, 7) is 0.549. The van der Waals surface area contributed by atoms with Crippen molar-refractivity contribution in [2.45, 2.75) is 18.6 Å². The molecular weight excluding hydrogens is 326 g/mol. The van der Waals surface area contributed by atoms with Gasteiger partial charge in [-0.1, -0.05) is 54.6 Å². The van der Waals surface area contributed by atoms with Crippen LogP contribution in [0.15, 0.2) is 67.0 Å². The molecule has 2 atom stereocenters. The highest BCUT2D eigenvalue weighted by molar-refractivity contribution is 5.83. The van der Waals surface area contributed by atoms with Crippen LogP contribution in [0.5, 0.6) is 0 Å². The maximum Gasteiger partial charge on any atom is 0.254 e. The molecule has 0 saturated heterocycles. The third kappa shape index (κ3) is 3.13. The first-order chi connectivity index (χ1) is 12.7. The van der Waals surface area contributed by atoms with Gasteiger partial charge in [-0.2, -0.15) is 0 Å². The maximum absolute atomic E-state index is 13.1. The normalized spacial score (nSPS) is 17.3. The van der Waals surface area contributed by atoms with Crippen molar-refractivity contribution >= 4 is 5.91 Å². The molecule has 0 spiro atoms. The van der Waals surface area contributed by atoms with Crippen molar-refractivity contribution < 1.29 is 9.53 Å². The first-order valence-corrected chi connectivity index (χ1v) is 8.76. The summed E-state index contributed by atoms with van der Waals surface area (Å²) in [6, 6.07) is 17.5. The van der Waals surface area contributed by atoms with Crippen LogP contribution < -0.4 is 5.32 Å². The van der Waals surface area contributed by atoms with Crippen LogP contribution in [-0.2, 0) is 23.0 Å². The predicted octanol–water partition coefficient (Wildman–Crippen LogP) is 2.94. The van der Waals surface area contributed by atoms with Crippen LogP contribution >= 0.6 is 0 Å². The lowest BCUT2D eigenvalue weighted by atomic mass is 9.96. The van der Waals surface area contributed by atoms with Crippen LogP contribution in [-0.4, -0.2) is 22.1 Å². The number of hydrogen-bond donors (Lipinski definition) is 1. The molecule has 0 fully saturated rings. The summed E-state index contributed by atoms with van der Waals surface area (Å²) in [5, 5.41) is 3.14. The zero-order valence-electron chi connectivity index (χ0n) is 14.6. The van der Waals surface area contributed by atoms with Crippen LogP contribution in [0.3, 0.4) is 0 Å². The molecule has 0 aliphatic carbocycles. The van der Waals surface area contributed by atoms with E-state index >= 15 is 0 Å². The van der Waals surface area contributed by atoms with Gasteiger partial charge >= 0.3 is 0 Å². The Morgan fingerprint density at radius 2 is 1.96 bits per heavy atom. The van der Waals surface area contributed by atoms with Gasteiger partial charge in [0.25, 0.3) is 5.91 Å². The van der Waals surface area contributed by atoms with E-state index in [1.807, 2.05) is 66.3 Å². The molecule has 4 rings (SSSR count). The van der Waals surface area contributed by atoms with Crippen molar-refractivity contribution in [1.29, 1.82) is 0 Å². The van der Waals surface area contributed by atoms with E-state index in [2.05, 4.69) is 16.4 Å². The second-order valence-corrected chi connectivity index (χ2v) is 6.45. The minimum absolute atomic E-state index is 0.144. The average molecular weight is 347 g/mol. The predicted molar refractivity (Wildman–Crippen MR) is 98.5 cm³/mol. The third-order valence-corrected chi connectivity index (χ3v) is 4.77. The number of aromatic nitrogens is 2. The molecule has 2 heterocycles. The monoisotopic (exact) mass is 347 g/mol. The molecule has 1 aromatic heterocycles. The zero-order valence-corrected chi connectivity index (χ0v) is 14.6. The largest absolute Gasteiger partial charge is 0.363 e. The number of carbonyl (C=O) groups excluding carboxylic acids is 1. The first kappa shape index (κ1) is 16.5. The van der Waals surface area contributed by atoms with E-state index < -0.39 is 6.10 Å². The number of carbonyl (C=O) groups is 1. The number of nitrogens with one attached hydrogen (secondary N) is 1. The van der Waals surface area contributed by atoms with E-state index in [9.17, 15) is 4.79 Å². The van der Waals surface area contributed by atoms with Crippen LogP contribution in [0.2, 0.25) is 0 Å². The van der Waals surface area contributed by atoms with Gasteiger partial charge < -0.3 is 14.6 Å². The molecule has 1 amide bonds. The van der Waals surface area contributed by atoms with E-state index in [0.717, 1.165) is 23.4 Å². The average Bonchev–Trinajstić information content (AvgIpc) is 3.12. The zero-order chi connectivity index (χ0) is 17.9. The number of amides is 1. The SMILES string of the molecule is Cn1ccnc1[C@@H](NC(=O)[C@H]1OCCc2ccccc21)c1ccccc1. The van der Waals surface area contributed by atoms with Crippen LogP contribution in [0.4, 0.5) is 0 Å². The van der Waals surface area contributed by atoms with Gasteiger partial charge in [-0.05, 0) is 23.1 Å². The summed E-state index contributed by atoms with van der Waals surface area (Å²) in [6.07, 6.45) is 3.86. The molecule has 5 nitrogen and oxygen atoms in total. The molecule has 2 aromatic carbocycles. The van der Waals surface area contributed by atoms with Gasteiger partial charge in [0.1, 0.15) is 11.9 Å². The van der Waals surface area contributed by atoms with Crippen molar-refractivity contribution in [3.8, 4) is 0 Å². The fourth-order valence-electron chi connectivity index (χ4n) is 3.43. The number of benzene rings is 2. The van der Waals surface area contributed by atoms with E-state index in [4.69, 9.17) is 4.74 Å². The Morgan fingerprint density at radius 1 is 1.19 bits per heavy atom. The Bertz CT molecular complexity index is 904. The van der Waals surface area contributed by atoms with Gasteiger partial charge in [-0.3, -0.25) is 4.79 Å². The summed E-state index contributed by atoms with van der Waals surface area (Å²) < 4.78 is 7.74. The Balaban J connectivity index is 1.65. The number of imidazole rings is 1. The van der Waals surface area contributed by atoms with Crippen molar-refractivity contribution in [1.82, 2.24) is 14.9 Å². The smallest absolute Gasteiger partial charge is 0.254 e. The van der Waals surface area contributed by atoms with Crippen molar-refractivity contribution in [3.63, 3.8) is 0 Å². The third-order valence-electron chi connectivity index (χ3n) is 4.77. The Kier molecular flexibility index (Phi) is 4.54. The van der Waals surface area contributed by atoms with E-state index in [1.54, 1.807) is 6.20 Å². The molecule has 0 radical (unpaired) electrons. The highest BCUT2D eigenvalue weighted by Gasteiger charge is 2.30.